The molecule has 2 aromatic carbocycles. The van der Waals surface area contributed by atoms with Crippen molar-refractivity contribution in [2.24, 2.45) is 0 Å². The summed E-state index contributed by atoms with van der Waals surface area (Å²) in [7, 11) is -3.40. The molecule has 0 amide bonds. The number of rotatable bonds is 3. The summed E-state index contributed by atoms with van der Waals surface area (Å²) in [6.45, 7) is 0. The molecule has 0 bridgehead atoms. The van der Waals surface area contributed by atoms with Crippen molar-refractivity contribution in [3.05, 3.63) is 59.7 Å². The third-order valence-electron chi connectivity index (χ3n) is 3.06. The van der Waals surface area contributed by atoms with Crippen molar-refractivity contribution >= 4 is 32.5 Å². The number of H-pyrrole nitrogens is 1. The maximum Gasteiger partial charge on any atom is 0.214 e. The van der Waals surface area contributed by atoms with Crippen LogP contribution in [0.2, 0.25) is 0 Å². The van der Waals surface area contributed by atoms with E-state index >= 15 is 0 Å². The number of hydrogen-bond acceptors (Lipinski definition) is 3. The van der Waals surface area contributed by atoms with Gasteiger partial charge in [-0.15, -0.1) is 0 Å². The number of imidazole rings is 1. The average molecular weight is 300 g/mol. The zero-order chi connectivity index (χ0) is 15.0. The van der Waals surface area contributed by atoms with Crippen LogP contribution in [0.3, 0.4) is 0 Å². The zero-order valence-corrected chi connectivity index (χ0v) is 11.8. The first kappa shape index (κ1) is 13.5. The fourth-order valence-electron chi connectivity index (χ4n) is 2.03. The maximum atomic E-state index is 12.3. The Labute approximate surface area is 121 Å². The van der Waals surface area contributed by atoms with Gasteiger partial charge in [0.25, 0.3) is 0 Å². The van der Waals surface area contributed by atoms with E-state index in [1.54, 1.807) is 42.5 Å². The highest BCUT2D eigenvalue weighted by Crippen LogP contribution is 2.18. The second-order valence-corrected chi connectivity index (χ2v) is 6.28. The minimum atomic E-state index is -3.40. The van der Waals surface area contributed by atoms with E-state index in [1.165, 1.54) is 0 Å². The number of ketones is 1. The lowest BCUT2D eigenvalue weighted by molar-refractivity contribution is 0.103. The summed E-state index contributed by atoms with van der Waals surface area (Å²) in [5, 5.41) is -0.0955. The number of carbonyl (C=O) groups excluding carboxylic acids is 1. The number of fused-ring (bicyclic) bond motifs is 1. The summed E-state index contributed by atoms with van der Waals surface area (Å²) in [6.07, 6.45) is 0. The van der Waals surface area contributed by atoms with Gasteiger partial charge in [-0.3, -0.25) is 4.79 Å². The molecule has 6 heteroatoms. The molecule has 21 heavy (non-hydrogen) atoms. The number of aromatic nitrogens is 2. The summed E-state index contributed by atoms with van der Waals surface area (Å²) in [4.78, 5) is 19.1. The van der Waals surface area contributed by atoms with Crippen LogP contribution in [0.15, 0.2) is 53.7 Å². The first-order valence-electron chi connectivity index (χ1n) is 6.14. The van der Waals surface area contributed by atoms with E-state index in [-0.39, 0.29) is 10.9 Å². The highest BCUT2D eigenvalue weighted by Gasteiger charge is 2.13. The summed E-state index contributed by atoms with van der Waals surface area (Å²) in [5.41, 5.74) is 2.11. The van der Waals surface area contributed by atoms with Crippen LogP contribution in [-0.2, 0) is 9.80 Å². The van der Waals surface area contributed by atoms with Crippen molar-refractivity contribution in [3.8, 4) is 0 Å². The maximum absolute atomic E-state index is 12.3. The molecule has 0 saturated carbocycles. The zero-order valence-electron chi connectivity index (χ0n) is 10.9. The van der Waals surface area contributed by atoms with E-state index in [0.717, 1.165) is 0 Å². The smallest absolute Gasteiger partial charge is 0.214 e. The standard InChI is InChI=1S/C15H12N2O3S/c1-21(19,20)15-16-12-8-7-11(9-13(12)17-15)14(18)10-5-3-2-4-6-10/h2-9H,1H2,(H,16,17)(H,19,20). The number of hydrogen-bond donors (Lipinski definition) is 2. The van der Waals surface area contributed by atoms with Gasteiger partial charge in [0.05, 0.1) is 11.0 Å². The minimum Gasteiger partial charge on any atom is -0.329 e. The van der Waals surface area contributed by atoms with Crippen LogP contribution in [0.1, 0.15) is 15.9 Å². The van der Waals surface area contributed by atoms with Gasteiger partial charge in [0.15, 0.2) is 5.78 Å². The molecule has 1 unspecified atom stereocenters. The summed E-state index contributed by atoms with van der Waals surface area (Å²) < 4.78 is 20.9. The Balaban J connectivity index is 2.07. The first-order chi connectivity index (χ1) is 9.95. The fourth-order valence-corrected chi connectivity index (χ4v) is 2.55. The number of nitrogens with zero attached hydrogens (tertiary/aromatic N) is 1. The Hall–Kier alpha value is -2.44. The summed E-state index contributed by atoms with van der Waals surface area (Å²) in [5.74, 6) is 3.05. The molecule has 0 radical (unpaired) electrons. The van der Waals surface area contributed by atoms with Gasteiger partial charge in [-0.25, -0.2) is 9.19 Å². The van der Waals surface area contributed by atoms with Crippen LogP contribution in [-0.4, -0.2) is 30.4 Å². The Bertz CT molecular complexity index is 928. The number of benzene rings is 2. The Morgan fingerprint density at radius 1 is 1.14 bits per heavy atom. The SMILES string of the molecule is C=S(=O)(O)c1nc2ccc(C(=O)c3ccccc3)cc2[nH]1. The van der Waals surface area contributed by atoms with E-state index in [9.17, 15) is 13.6 Å². The van der Waals surface area contributed by atoms with E-state index in [0.29, 0.717) is 22.2 Å². The molecule has 0 aliphatic heterocycles. The molecule has 106 valence electrons. The third-order valence-corrected chi connectivity index (χ3v) is 3.86. The second kappa shape index (κ2) is 4.83. The molecule has 1 heterocycles. The molecule has 0 aliphatic carbocycles. The molecular formula is C15H12N2O3S. The Morgan fingerprint density at radius 2 is 1.86 bits per heavy atom. The Kier molecular flexibility index (Phi) is 3.12. The molecular weight excluding hydrogens is 288 g/mol. The third kappa shape index (κ3) is 2.58. The summed E-state index contributed by atoms with van der Waals surface area (Å²) >= 11 is 0. The lowest BCUT2D eigenvalue weighted by Crippen LogP contribution is -2.00. The minimum absolute atomic E-state index is 0.0955. The predicted molar refractivity (Wildman–Crippen MR) is 82.1 cm³/mol. The van der Waals surface area contributed by atoms with Crippen LogP contribution in [0.25, 0.3) is 11.0 Å². The molecule has 0 spiro atoms. The topological polar surface area (TPSA) is 83.0 Å². The van der Waals surface area contributed by atoms with Crippen LogP contribution in [0.5, 0.6) is 0 Å². The summed E-state index contributed by atoms with van der Waals surface area (Å²) in [6, 6.07) is 13.8. The molecule has 5 nitrogen and oxygen atoms in total. The van der Waals surface area contributed by atoms with Crippen molar-refractivity contribution in [1.29, 1.82) is 0 Å². The van der Waals surface area contributed by atoms with Gasteiger partial charge in [-0.05, 0) is 24.1 Å². The molecule has 3 rings (SSSR count). The lowest BCUT2D eigenvalue weighted by Gasteiger charge is -2.00. The molecule has 1 atom stereocenters. The normalized spacial score (nSPS) is 14.0. The van der Waals surface area contributed by atoms with Crippen molar-refractivity contribution in [1.82, 2.24) is 9.97 Å². The molecule has 3 aromatic rings. The van der Waals surface area contributed by atoms with Crippen molar-refractivity contribution in [2.75, 3.05) is 0 Å². The van der Waals surface area contributed by atoms with Crippen molar-refractivity contribution in [2.45, 2.75) is 5.16 Å². The van der Waals surface area contributed by atoms with Gasteiger partial charge < -0.3 is 9.54 Å². The van der Waals surface area contributed by atoms with Crippen LogP contribution in [0.4, 0.5) is 0 Å². The van der Waals surface area contributed by atoms with Gasteiger partial charge in [-0.2, -0.15) is 0 Å². The van der Waals surface area contributed by atoms with Crippen molar-refractivity contribution < 1.29 is 13.6 Å². The van der Waals surface area contributed by atoms with E-state index in [4.69, 9.17) is 0 Å². The molecule has 0 fully saturated rings. The predicted octanol–water partition coefficient (Wildman–Crippen LogP) is 2.34. The fraction of sp³-hybridized carbons (Fsp3) is 0. The number of carbonyl (C=O) groups is 1. The van der Waals surface area contributed by atoms with E-state index in [1.807, 2.05) is 6.07 Å². The van der Waals surface area contributed by atoms with Gasteiger partial charge in [0.1, 0.15) is 9.80 Å². The highest BCUT2D eigenvalue weighted by atomic mass is 32.2. The van der Waals surface area contributed by atoms with Gasteiger partial charge >= 0.3 is 0 Å². The number of nitrogens with one attached hydrogen (secondary N) is 1. The van der Waals surface area contributed by atoms with E-state index in [2.05, 4.69) is 15.8 Å². The number of aromatic amines is 1. The second-order valence-electron chi connectivity index (χ2n) is 4.61. The Morgan fingerprint density at radius 3 is 2.52 bits per heavy atom. The lowest BCUT2D eigenvalue weighted by atomic mass is 10.0. The van der Waals surface area contributed by atoms with Gasteiger partial charge in [-0.1, -0.05) is 30.3 Å². The quantitative estimate of drug-likeness (QED) is 0.574. The van der Waals surface area contributed by atoms with Gasteiger partial charge in [0.2, 0.25) is 5.16 Å². The molecule has 1 aromatic heterocycles. The molecule has 0 saturated heterocycles. The van der Waals surface area contributed by atoms with E-state index < -0.39 is 9.80 Å². The van der Waals surface area contributed by atoms with Crippen molar-refractivity contribution in [3.63, 3.8) is 0 Å². The first-order valence-corrected chi connectivity index (χ1v) is 7.83. The molecule has 0 aliphatic rings. The largest absolute Gasteiger partial charge is 0.329 e. The van der Waals surface area contributed by atoms with Crippen LogP contribution in [0, 0.1) is 0 Å². The monoisotopic (exact) mass is 300 g/mol. The molecule has 2 N–H and O–H groups in total. The van der Waals surface area contributed by atoms with Crippen LogP contribution >= 0.6 is 0 Å². The highest BCUT2D eigenvalue weighted by molar-refractivity contribution is 7.94. The van der Waals surface area contributed by atoms with Crippen LogP contribution < -0.4 is 0 Å². The van der Waals surface area contributed by atoms with Gasteiger partial charge in [0, 0.05) is 11.1 Å². The average Bonchev–Trinajstić information content (AvgIpc) is 2.90.